The standard InChI is InChI=1S/C35H37N3O5S/c1-25-9-12-33(13-10-25)44-34-14-11-30(38(40)41)19-28(34)24-37(35(39)27-20-31(42-2)22-32(21-27)43-3)29-15-17-36(18-16-29)23-26-7-5-4-6-8-26/h4-14,19-22,29H,15-18,23-24H2,1-3H3. The van der Waals surface area contributed by atoms with Crippen LogP contribution in [0.1, 0.15) is 39.9 Å². The lowest BCUT2D eigenvalue weighted by molar-refractivity contribution is -0.385. The molecule has 0 spiro atoms. The van der Waals surface area contributed by atoms with Crippen LogP contribution in [0, 0.1) is 17.0 Å². The van der Waals surface area contributed by atoms with Gasteiger partial charge in [0.25, 0.3) is 11.6 Å². The number of hydrogen-bond donors (Lipinski definition) is 0. The van der Waals surface area contributed by atoms with Gasteiger partial charge in [0.15, 0.2) is 0 Å². The number of methoxy groups -OCH3 is 2. The molecule has 1 fully saturated rings. The molecular weight excluding hydrogens is 574 g/mol. The summed E-state index contributed by atoms with van der Waals surface area (Å²) in [6.45, 7) is 4.80. The van der Waals surface area contributed by atoms with Crippen LogP contribution in [-0.2, 0) is 13.1 Å². The summed E-state index contributed by atoms with van der Waals surface area (Å²) in [7, 11) is 3.11. The first-order chi connectivity index (χ1) is 21.3. The normalized spacial score (nSPS) is 13.8. The number of nitro groups is 1. The molecule has 0 unspecified atom stereocenters. The maximum atomic E-state index is 14.3. The summed E-state index contributed by atoms with van der Waals surface area (Å²) in [6.07, 6.45) is 1.57. The number of aryl methyl sites for hydroxylation is 1. The Morgan fingerprint density at radius 1 is 0.932 bits per heavy atom. The van der Waals surface area contributed by atoms with Gasteiger partial charge >= 0.3 is 0 Å². The van der Waals surface area contributed by atoms with E-state index in [1.807, 2.05) is 42.2 Å². The second-order valence-electron chi connectivity index (χ2n) is 11.0. The van der Waals surface area contributed by atoms with Gasteiger partial charge in [0.1, 0.15) is 11.5 Å². The van der Waals surface area contributed by atoms with Crippen molar-refractivity contribution in [2.75, 3.05) is 27.3 Å². The van der Waals surface area contributed by atoms with E-state index in [2.05, 4.69) is 29.2 Å². The summed E-state index contributed by atoms with van der Waals surface area (Å²) in [6, 6.07) is 28.6. The zero-order valence-corrected chi connectivity index (χ0v) is 26.1. The van der Waals surface area contributed by atoms with Crippen molar-refractivity contribution < 1.29 is 19.2 Å². The molecule has 1 aliphatic heterocycles. The van der Waals surface area contributed by atoms with Crippen molar-refractivity contribution in [2.24, 2.45) is 0 Å². The lowest BCUT2D eigenvalue weighted by atomic mass is 10.00. The minimum atomic E-state index is -0.384. The van der Waals surface area contributed by atoms with Gasteiger partial charge in [0.05, 0.1) is 19.1 Å². The van der Waals surface area contributed by atoms with Crippen LogP contribution in [0.25, 0.3) is 0 Å². The van der Waals surface area contributed by atoms with E-state index >= 15 is 0 Å². The van der Waals surface area contributed by atoms with Crippen molar-refractivity contribution in [3.05, 3.63) is 123 Å². The van der Waals surface area contributed by atoms with Crippen LogP contribution in [0.5, 0.6) is 11.5 Å². The number of rotatable bonds is 11. The molecule has 0 aromatic heterocycles. The third kappa shape index (κ3) is 7.78. The minimum absolute atomic E-state index is 0.00128. The Balaban J connectivity index is 1.47. The van der Waals surface area contributed by atoms with Gasteiger partial charge in [0.2, 0.25) is 0 Å². The summed E-state index contributed by atoms with van der Waals surface area (Å²) in [4.78, 5) is 32.0. The molecule has 1 aliphatic rings. The van der Waals surface area contributed by atoms with E-state index in [4.69, 9.17) is 9.47 Å². The molecule has 44 heavy (non-hydrogen) atoms. The average Bonchev–Trinajstić information content (AvgIpc) is 3.05. The lowest BCUT2D eigenvalue weighted by Crippen LogP contribution is -2.47. The lowest BCUT2D eigenvalue weighted by Gasteiger charge is -2.39. The van der Waals surface area contributed by atoms with Crippen molar-refractivity contribution in [1.29, 1.82) is 0 Å². The highest BCUT2D eigenvalue weighted by atomic mass is 32.2. The van der Waals surface area contributed by atoms with Gasteiger partial charge in [-0.3, -0.25) is 19.8 Å². The van der Waals surface area contributed by atoms with Crippen molar-refractivity contribution in [3.63, 3.8) is 0 Å². The fourth-order valence-corrected chi connectivity index (χ4v) is 6.43. The van der Waals surface area contributed by atoms with Crippen LogP contribution >= 0.6 is 11.8 Å². The SMILES string of the molecule is COc1cc(OC)cc(C(=O)N(Cc2cc([N+](=O)[O-])ccc2Sc2ccc(C)cc2)C2CCN(Cc3ccccc3)CC2)c1. The summed E-state index contributed by atoms with van der Waals surface area (Å²) in [5.74, 6) is 0.883. The number of ether oxygens (including phenoxy) is 2. The Bertz CT molecular complexity index is 1570. The van der Waals surface area contributed by atoms with Gasteiger partial charge in [-0.1, -0.05) is 59.8 Å². The Labute approximate surface area is 262 Å². The van der Waals surface area contributed by atoms with Crippen LogP contribution in [0.2, 0.25) is 0 Å². The topological polar surface area (TPSA) is 85.1 Å². The summed E-state index contributed by atoms with van der Waals surface area (Å²) in [5.41, 5.74) is 3.60. The van der Waals surface area contributed by atoms with E-state index in [0.29, 0.717) is 17.1 Å². The Kier molecular flexibility index (Phi) is 10.2. The van der Waals surface area contributed by atoms with Gasteiger partial charge < -0.3 is 14.4 Å². The molecular formula is C35H37N3O5S. The highest BCUT2D eigenvalue weighted by Gasteiger charge is 2.30. The quantitative estimate of drug-likeness (QED) is 0.129. The van der Waals surface area contributed by atoms with Crippen molar-refractivity contribution in [1.82, 2.24) is 9.80 Å². The van der Waals surface area contributed by atoms with Crippen LogP contribution in [0.3, 0.4) is 0 Å². The molecule has 5 rings (SSSR count). The number of likely N-dealkylation sites (tertiary alicyclic amines) is 1. The number of nitrogens with zero attached hydrogens (tertiary/aromatic N) is 3. The highest BCUT2D eigenvalue weighted by molar-refractivity contribution is 7.99. The number of benzene rings is 4. The second-order valence-corrected chi connectivity index (χ2v) is 12.1. The maximum absolute atomic E-state index is 14.3. The third-order valence-electron chi connectivity index (χ3n) is 7.95. The van der Waals surface area contributed by atoms with E-state index in [1.54, 1.807) is 56.3 Å². The zero-order chi connectivity index (χ0) is 31.1. The largest absolute Gasteiger partial charge is 0.497 e. The monoisotopic (exact) mass is 611 g/mol. The molecule has 0 radical (unpaired) electrons. The molecule has 1 saturated heterocycles. The van der Waals surface area contributed by atoms with E-state index in [-0.39, 0.29) is 29.1 Å². The van der Waals surface area contributed by atoms with Gasteiger partial charge in [-0.2, -0.15) is 0 Å². The summed E-state index contributed by atoms with van der Waals surface area (Å²) < 4.78 is 10.9. The van der Waals surface area contributed by atoms with E-state index in [9.17, 15) is 14.9 Å². The molecule has 0 aliphatic carbocycles. The molecule has 0 N–H and O–H groups in total. The van der Waals surface area contributed by atoms with Crippen LogP contribution in [0.4, 0.5) is 5.69 Å². The number of hydrogen-bond acceptors (Lipinski definition) is 7. The van der Waals surface area contributed by atoms with Crippen molar-refractivity contribution in [3.8, 4) is 11.5 Å². The van der Waals surface area contributed by atoms with Crippen molar-refractivity contribution in [2.45, 2.75) is 48.7 Å². The molecule has 0 atom stereocenters. The minimum Gasteiger partial charge on any atom is -0.497 e. The molecule has 4 aromatic carbocycles. The first kappa shape index (κ1) is 31.1. The predicted molar refractivity (Wildman–Crippen MR) is 173 cm³/mol. The average molecular weight is 612 g/mol. The number of piperidine rings is 1. The fraction of sp³-hybridized carbons (Fsp3) is 0.286. The number of carbonyl (C=O) groups excluding carboxylic acids is 1. The van der Waals surface area contributed by atoms with Gasteiger partial charge in [0, 0.05) is 65.8 Å². The zero-order valence-electron chi connectivity index (χ0n) is 25.3. The predicted octanol–water partition coefficient (Wildman–Crippen LogP) is 7.38. The maximum Gasteiger partial charge on any atom is 0.269 e. The van der Waals surface area contributed by atoms with Crippen LogP contribution < -0.4 is 9.47 Å². The highest BCUT2D eigenvalue weighted by Crippen LogP contribution is 2.35. The smallest absolute Gasteiger partial charge is 0.269 e. The van der Waals surface area contributed by atoms with Crippen LogP contribution in [-0.4, -0.2) is 54.0 Å². The molecule has 1 amide bonds. The van der Waals surface area contributed by atoms with Crippen LogP contribution in [0.15, 0.2) is 101 Å². The first-order valence-corrected chi connectivity index (χ1v) is 15.5. The molecule has 9 heteroatoms. The summed E-state index contributed by atoms with van der Waals surface area (Å²) in [5, 5.41) is 11.8. The first-order valence-electron chi connectivity index (χ1n) is 14.6. The third-order valence-corrected chi connectivity index (χ3v) is 9.08. The molecule has 4 aromatic rings. The molecule has 1 heterocycles. The Morgan fingerprint density at radius 2 is 1.59 bits per heavy atom. The van der Waals surface area contributed by atoms with Gasteiger partial charge in [-0.25, -0.2) is 0 Å². The Morgan fingerprint density at radius 3 is 2.20 bits per heavy atom. The van der Waals surface area contributed by atoms with Gasteiger partial charge in [-0.05, 0) is 61.2 Å². The van der Waals surface area contributed by atoms with E-state index < -0.39 is 0 Å². The van der Waals surface area contributed by atoms with Gasteiger partial charge in [-0.15, -0.1) is 0 Å². The number of amides is 1. The Hall–Kier alpha value is -4.34. The van der Waals surface area contributed by atoms with Crippen molar-refractivity contribution >= 4 is 23.4 Å². The molecule has 0 bridgehead atoms. The fourth-order valence-electron chi connectivity index (χ4n) is 5.51. The summed E-state index contributed by atoms with van der Waals surface area (Å²) >= 11 is 1.54. The molecule has 228 valence electrons. The second kappa shape index (κ2) is 14.4. The molecule has 0 saturated carbocycles. The number of carbonyl (C=O) groups is 1. The number of non-ortho nitro benzene ring substituents is 1. The van der Waals surface area contributed by atoms with E-state index in [1.165, 1.54) is 11.6 Å². The number of nitro benzene ring substituents is 1. The molecule has 8 nitrogen and oxygen atoms in total. The van der Waals surface area contributed by atoms with E-state index in [0.717, 1.165) is 53.4 Å².